The molecule has 0 unspecified atom stereocenters. The van der Waals surface area contributed by atoms with Crippen LogP contribution < -0.4 is 10.6 Å². The smallest absolute Gasteiger partial charge is 0.253 e. The number of carbonyl (C=O) groups is 2. The number of amides is 2. The van der Waals surface area contributed by atoms with Crippen molar-refractivity contribution in [2.75, 3.05) is 25.0 Å². The number of piperazine rings is 1. The van der Waals surface area contributed by atoms with E-state index in [9.17, 15) is 26.4 Å². The van der Waals surface area contributed by atoms with Gasteiger partial charge in [0.25, 0.3) is 5.91 Å². The zero-order valence-electron chi connectivity index (χ0n) is 22.2. The number of hydrogen-bond acceptors (Lipinski definition) is 6. The van der Waals surface area contributed by atoms with Gasteiger partial charge in [-0.25, -0.2) is 16.8 Å². The first-order valence-corrected chi connectivity index (χ1v) is 15.8. The van der Waals surface area contributed by atoms with Gasteiger partial charge >= 0.3 is 0 Å². The van der Waals surface area contributed by atoms with Crippen LogP contribution in [0.5, 0.6) is 0 Å². The highest BCUT2D eigenvalue weighted by molar-refractivity contribution is 7.89. The van der Waals surface area contributed by atoms with Crippen molar-refractivity contribution in [2.45, 2.75) is 42.1 Å². The molecular weight excluding hydrogens is 552 g/mol. The largest absolute Gasteiger partial charge is 0.350 e. The SMILES string of the molecule is CC[C@H](C)NC(=O)c1ccccc1NC(=O)[C@@H]1CN(S(=O)(=O)c2ccccc2)CCN1S(=O)(=O)c1ccccc1. The van der Waals surface area contributed by atoms with Crippen molar-refractivity contribution < 1.29 is 26.4 Å². The predicted molar refractivity (Wildman–Crippen MR) is 152 cm³/mol. The van der Waals surface area contributed by atoms with Crippen LogP contribution in [-0.2, 0) is 24.8 Å². The van der Waals surface area contributed by atoms with Gasteiger partial charge in [0.2, 0.25) is 26.0 Å². The van der Waals surface area contributed by atoms with Crippen molar-refractivity contribution in [2.24, 2.45) is 0 Å². The highest BCUT2D eigenvalue weighted by Gasteiger charge is 2.43. The van der Waals surface area contributed by atoms with E-state index in [1.54, 1.807) is 60.7 Å². The van der Waals surface area contributed by atoms with E-state index in [1.807, 2.05) is 13.8 Å². The molecule has 1 saturated heterocycles. The minimum Gasteiger partial charge on any atom is -0.350 e. The molecule has 0 aliphatic carbocycles. The van der Waals surface area contributed by atoms with Gasteiger partial charge in [0.05, 0.1) is 21.0 Å². The monoisotopic (exact) mass is 584 g/mol. The van der Waals surface area contributed by atoms with Gasteiger partial charge in [-0.15, -0.1) is 0 Å². The lowest BCUT2D eigenvalue weighted by molar-refractivity contribution is -0.120. The predicted octanol–water partition coefficient (Wildman–Crippen LogP) is 2.92. The van der Waals surface area contributed by atoms with Crippen LogP contribution in [-0.4, -0.2) is 69.0 Å². The van der Waals surface area contributed by atoms with Gasteiger partial charge in [0.15, 0.2) is 0 Å². The lowest BCUT2D eigenvalue weighted by Gasteiger charge is -2.39. The molecule has 40 heavy (non-hydrogen) atoms. The fourth-order valence-electron chi connectivity index (χ4n) is 4.34. The number of anilines is 1. The van der Waals surface area contributed by atoms with Crippen LogP contribution in [0.25, 0.3) is 0 Å². The molecule has 1 fully saturated rings. The Balaban J connectivity index is 1.69. The number of rotatable bonds is 9. The quantitative estimate of drug-likeness (QED) is 0.398. The molecule has 2 N–H and O–H groups in total. The molecule has 1 heterocycles. The summed E-state index contributed by atoms with van der Waals surface area (Å²) in [5.74, 6) is -1.15. The van der Waals surface area contributed by atoms with Crippen LogP contribution in [0.2, 0.25) is 0 Å². The molecule has 0 saturated carbocycles. The van der Waals surface area contributed by atoms with Crippen molar-refractivity contribution in [3.8, 4) is 0 Å². The second-order valence-corrected chi connectivity index (χ2v) is 13.3. The number of benzene rings is 3. The number of sulfonamides is 2. The highest BCUT2D eigenvalue weighted by atomic mass is 32.2. The Labute approximate surface area is 235 Å². The van der Waals surface area contributed by atoms with E-state index in [0.717, 1.165) is 8.61 Å². The zero-order valence-corrected chi connectivity index (χ0v) is 23.9. The van der Waals surface area contributed by atoms with Gasteiger partial charge in [-0.3, -0.25) is 9.59 Å². The number of nitrogens with zero attached hydrogens (tertiary/aromatic N) is 2. The molecule has 2 amide bonds. The summed E-state index contributed by atoms with van der Waals surface area (Å²) in [6, 6.07) is 20.3. The molecular formula is C28H32N4O6S2. The second-order valence-electron chi connectivity index (χ2n) is 9.44. The van der Waals surface area contributed by atoms with Crippen molar-refractivity contribution in [3.63, 3.8) is 0 Å². The van der Waals surface area contributed by atoms with Crippen LogP contribution in [0.4, 0.5) is 5.69 Å². The zero-order chi connectivity index (χ0) is 28.9. The van der Waals surface area contributed by atoms with Crippen LogP contribution in [0, 0.1) is 0 Å². The molecule has 3 aromatic carbocycles. The molecule has 212 valence electrons. The average Bonchev–Trinajstić information content (AvgIpc) is 2.97. The lowest BCUT2D eigenvalue weighted by Crippen LogP contribution is -2.60. The molecule has 12 heteroatoms. The molecule has 3 aromatic rings. The van der Waals surface area contributed by atoms with E-state index >= 15 is 0 Å². The molecule has 10 nitrogen and oxygen atoms in total. The average molecular weight is 585 g/mol. The minimum absolute atomic E-state index is 0.0134. The third-order valence-electron chi connectivity index (χ3n) is 6.75. The molecule has 0 spiro atoms. The summed E-state index contributed by atoms with van der Waals surface area (Å²) < 4.78 is 56.2. The Bertz CT molecular complexity index is 1560. The van der Waals surface area contributed by atoms with E-state index in [0.29, 0.717) is 6.42 Å². The first-order valence-electron chi connectivity index (χ1n) is 12.9. The van der Waals surface area contributed by atoms with Gasteiger partial charge in [0, 0.05) is 25.7 Å². The number of hydrogen-bond donors (Lipinski definition) is 2. The molecule has 0 bridgehead atoms. The first-order chi connectivity index (χ1) is 19.1. The van der Waals surface area contributed by atoms with Gasteiger partial charge < -0.3 is 10.6 Å². The maximum atomic E-state index is 13.7. The highest BCUT2D eigenvalue weighted by Crippen LogP contribution is 2.26. The third-order valence-corrected chi connectivity index (χ3v) is 10.5. The summed E-state index contributed by atoms with van der Waals surface area (Å²) in [6.45, 7) is 3.00. The lowest BCUT2D eigenvalue weighted by atomic mass is 10.1. The molecule has 1 aliphatic heterocycles. The second kappa shape index (κ2) is 12.3. The fraction of sp³-hybridized carbons (Fsp3) is 0.286. The molecule has 2 atom stereocenters. The Morgan fingerprint density at radius 3 is 1.98 bits per heavy atom. The van der Waals surface area contributed by atoms with Crippen molar-refractivity contribution in [1.82, 2.24) is 13.9 Å². The standard InChI is InChI=1S/C28H32N4O6S2/c1-3-21(2)29-27(33)24-16-10-11-17-25(24)30-28(34)26-20-31(39(35,36)22-12-6-4-7-13-22)18-19-32(26)40(37,38)23-14-8-5-9-15-23/h4-17,21,26H,3,18-20H2,1-2H3,(H,29,33)(H,30,34)/t21-,26-/m0/s1. The van der Waals surface area contributed by atoms with Crippen molar-refractivity contribution >= 4 is 37.5 Å². The van der Waals surface area contributed by atoms with Gasteiger partial charge in [-0.05, 0) is 49.7 Å². The van der Waals surface area contributed by atoms with Crippen LogP contribution in [0.15, 0.2) is 94.7 Å². The Hall–Kier alpha value is -3.58. The van der Waals surface area contributed by atoms with Crippen LogP contribution in [0.3, 0.4) is 0 Å². The normalized spacial score (nSPS) is 17.6. The molecule has 1 aliphatic rings. The Morgan fingerprint density at radius 1 is 0.825 bits per heavy atom. The maximum Gasteiger partial charge on any atom is 0.253 e. The summed E-state index contributed by atoms with van der Waals surface area (Å²) in [5, 5.41) is 5.54. The summed E-state index contributed by atoms with van der Waals surface area (Å²) in [5.41, 5.74) is 0.395. The van der Waals surface area contributed by atoms with Crippen molar-refractivity contribution in [1.29, 1.82) is 0 Å². The van der Waals surface area contributed by atoms with Crippen LogP contribution in [0.1, 0.15) is 30.6 Å². The summed E-state index contributed by atoms with van der Waals surface area (Å²) >= 11 is 0. The Kier molecular flexibility index (Phi) is 9.04. The van der Waals surface area contributed by atoms with Gasteiger partial charge in [0.1, 0.15) is 6.04 Å². The topological polar surface area (TPSA) is 133 Å². The van der Waals surface area contributed by atoms with E-state index < -0.39 is 44.4 Å². The van der Waals surface area contributed by atoms with Crippen molar-refractivity contribution in [3.05, 3.63) is 90.5 Å². The summed E-state index contributed by atoms with van der Waals surface area (Å²) in [4.78, 5) is 26.7. The first kappa shape index (κ1) is 29.4. The van der Waals surface area contributed by atoms with Gasteiger partial charge in [-0.1, -0.05) is 55.5 Å². The Morgan fingerprint density at radius 2 is 1.38 bits per heavy atom. The van der Waals surface area contributed by atoms with E-state index in [4.69, 9.17) is 0 Å². The van der Waals surface area contributed by atoms with E-state index in [1.165, 1.54) is 24.3 Å². The molecule has 4 rings (SSSR count). The fourth-order valence-corrected chi connectivity index (χ4v) is 7.39. The van der Waals surface area contributed by atoms with E-state index in [2.05, 4.69) is 10.6 Å². The number of carbonyl (C=O) groups excluding carboxylic acids is 2. The molecule has 0 radical (unpaired) electrons. The third kappa shape index (κ3) is 6.25. The van der Waals surface area contributed by atoms with Gasteiger partial charge in [-0.2, -0.15) is 8.61 Å². The maximum absolute atomic E-state index is 13.7. The van der Waals surface area contributed by atoms with E-state index in [-0.39, 0.29) is 40.2 Å². The summed E-state index contributed by atoms with van der Waals surface area (Å²) in [6.07, 6.45) is 0.709. The summed E-state index contributed by atoms with van der Waals surface area (Å²) in [7, 11) is -8.16. The number of nitrogens with one attached hydrogen (secondary N) is 2. The number of para-hydroxylation sites is 1. The minimum atomic E-state index is -4.16. The van der Waals surface area contributed by atoms with Crippen LogP contribution >= 0.6 is 0 Å². The molecule has 0 aromatic heterocycles.